The smallest absolute Gasteiger partial charge is 0.130 e. The van der Waals surface area contributed by atoms with E-state index in [1.165, 1.54) is 17.7 Å². The molecule has 0 atom stereocenters. The van der Waals surface area contributed by atoms with E-state index in [4.69, 9.17) is 0 Å². The van der Waals surface area contributed by atoms with Crippen LogP contribution in [0.3, 0.4) is 0 Å². The Morgan fingerprint density at radius 3 is 2.53 bits per heavy atom. The van der Waals surface area contributed by atoms with Crippen LogP contribution in [0, 0.1) is 6.92 Å². The number of hydrogen-bond acceptors (Lipinski definition) is 0. The maximum absolute atomic E-state index is 13.5. The molecule has 1 aromatic carbocycles. The average molecular weight is 204 g/mol. The van der Waals surface area contributed by atoms with Crippen molar-refractivity contribution >= 4 is 5.83 Å². The van der Waals surface area contributed by atoms with E-state index in [1.54, 1.807) is 0 Å². The second kappa shape index (κ2) is 4.92. The summed E-state index contributed by atoms with van der Waals surface area (Å²) in [7, 11) is 0. The maximum Gasteiger partial charge on any atom is 0.130 e. The highest BCUT2D eigenvalue weighted by Gasteiger charge is 2.06. The monoisotopic (exact) mass is 204 g/mol. The average Bonchev–Trinajstić information content (AvgIpc) is 2.17. The second-order valence-corrected chi connectivity index (χ2v) is 3.98. The van der Waals surface area contributed by atoms with Crippen LogP contribution in [-0.4, -0.2) is 0 Å². The number of benzene rings is 1. The highest BCUT2D eigenvalue weighted by atomic mass is 19.1. The molecule has 0 aliphatic carbocycles. The number of hydrogen-bond donors (Lipinski definition) is 0. The molecule has 0 bridgehead atoms. The highest BCUT2D eigenvalue weighted by Crippen LogP contribution is 2.24. The molecule has 0 unspecified atom stereocenters. The Balaban J connectivity index is 3.13. The van der Waals surface area contributed by atoms with Gasteiger partial charge in [-0.2, -0.15) is 0 Å². The van der Waals surface area contributed by atoms with Crippen molar-refractivity contribution in [2.24, 2.45) is 0 Å². The van der Waals surface area contributed by atoms with E-state index < -0.39 is 0 Å². The van der Waals surface area contributed by atoms with Gasteiger partial charge in [-0.05, 0) is 30.0 Å². The summed E-state index contributed by atoms with van der Waals surface area (Å²) in [5.74, 6) is 0.252. The van der Waals surface area contributed by atoms with Crippen LogP contribution in [0.15, 0.2) is 36.9 Å². The molecule has 1 rings (SSSR count). The van der Waals surface area contributed by atoms with Gasteiger partial charge in [0.15, 0.2) is 0 Å². The number of allylic oxidation sites excluding steroid dienone is 2. The molecule has 0 aromatic heterocycles. The molecule has 0 fully saturated rings. The van der Waals surface area contributed by atoms with Gasteiger partial charge in [0.05, 0.1) is 0 Å². The van der Waals surface area contributed by atoms with Gasteiger partial charge in [-0.3, -0.25) is 0 Å². The fourth-order valence-electron chi connectivity index (χ4n) is 1.51. The standard InChI is InChI=1S/C14H17F/c1-5-6-14(15)13-8-7-12(10(2)3)9-11(13)4/h5-10H,1H2,2-4H3/b14-6+. The van der Waals surface area contributed by atoms with Crippen molar-refractivity contribution in [1.82, 2.24) is 0 Å². The zero-order chi connectivity index (χ0) is 11.4. The summed E-state index contributed by atoms with van der Waals surface area (Å²) >= 11 is 0. The van der Waals surface area contributed by atoms with Crippen molar-refractivity contribution in [2.45, 2.75) is 26.7 Å². The second-order valence-electron chi connectivity index (χ2n) is 3.98. The van der Waals surface area contributed by atoms with E-state index in [9.17, 15) is 4.39 Å². The Bertz CT molecular complexity index is 386. The highest BCUT2D eigenvalue weighted by molar-refractivity contribution is 5.64. The van der Waals surface area contributed by atoms with Gasteiger partial charge in [-0.1, -0.05) is 44.7 Å². The van der Waals surface area contributed by atoms with Crippen molar-refractivity contribution in [2.75, 3.05) is 0 Å². The van der Waals surface area contributed by atoms with Gasteiger partial charge in [-0.15, -0.1) is 0 Å². The SMILES string of the molecule is C=C/C=C(/F)c1ccc(C(C)C)cc1C. The molecule has 0 heterocycles. The summed E-state index contributed by atoms with van der Waals surface area (Å²) in [6.07, 6.45) is 2.85. The predicted octanol–water partition coefficient (Wildman–Crippen LogP) is 4.61. The maximum atomic E-state index is 13.5. The van der Waals surface area contributed by atoms with E-state index in [1.807, 2.05) is 25.1 Å². The van der Waals surface area contributed by atoms with Crippen molar-refractivity contribution < 1.29 is 4.39 Å². The normalized spacial score (nSPS) is 11.9. The van der Waals surface area contributed by atoms with E-state index in [0.29, 0.717) is 11.5 Å². The molecule has 15 heavy (non-hydrogen) atoms. The first-order chi connectivity index (χ1) is 7.06. The van der Waals surface area contributed by atoms with Crippen LogP contribution in [0.1, 0.15) is 36.5 Å². The molecule has 0 aliphatic heterocycles. The van der Waals surface area contributed by atoms with Gasteiger partial charge in [0.1, 0.15) is 5.83 Å². The first-order valence-electron chi connectivity index (χ1n) is 5.15. The van der Waals surface area contributed by atoms with Gasteiger partial charge in [-0.25, -0.2) is 4.39 Å². The Kier molecular flexibility index (Phi) is 3.84. The molecule has 0 saturated heterocycles. The number of rotatable bonds is 3. The molecular formula is C14H17F. The summed E-state index contributed by atoms with van der Waals surface area (Å²) in [5.41, 5.74) is 2.86. The summed E-state index contributed by atoms with van der Waals surface area (Å²) in [4.78, 5) is 0. The van der Waals surface area contributed by atoms with E-state index in [0.717, 1.165) is 5.56 Å². The topological polar surface area (TPSA) is 0 Å². The Labute approximate surface area is 91.1 Å². The fraction of sp³-hybridized carbons (Fsp3) is 0.286. The van der Waals surface area contributed by atoms with E-state index >= 15 is 0 Å². The van der Waals surface area contributed by atoms with Crippen LogP contribution in [0.25, 0.3) is 5.83 Å². The zero-order valence-corrected chi connectivity index (χ0v) is 9.55. The molecule has 0 aliphatic rings. The third kappa shape index (κ3) is 2.79. The quantitative estimate of drug-likeness (QED) is 0.630. The summed E-state index contributed by atoms with van der Waals surface area (Å²) in [5, 5.41) is 0. The molecule has 0 spiro atoms. The lowest BCUT2D eigenvalue weighted by atomic mass is 9.97. The summed E-state index contributed by atoms with van der Waals surface area (Å²) in [6.45, 7) is 9.67. The third-order valence-corrected chi connectivity index (χ3v) is 2.44. The minimum atomic E-state index is -0.224. The van der Waals surface area contributed by atoms with Gasteiger partial charge < -0.3 is 0 Å². The van der Waals surface area contributed by atoms with E-state index in [-0.39, 0.29) is 5.83 Å². The summed E-state index contributed by atoms with van der Waals surface area (Å²) < 4.78 is 13.5. The first-order valence-corrected chi connectivity index (χ1v) is 5.15. The fourth-order valence-corrected chi connectivity index (χ4v) is 1.51. The minimum absolute atomic E-state index is 0.224. The van der Waals surface area contributed by atoms with Crippen LogP contribution in [-0.2, 0) is 0 Å². The van der Waals surface area contributed by atoms with Gasteiger partial charge in [0, 0.05) is 5.56 Å². The lowest BCUT2D eigenvalue weighted by Gasteiger charge is -2.09. The largest absolute Gasteiger partial charge is 0.206 e. The zero-order valence-electron chi connectivity index (χ0n) is 9.55. The van der Waals surface area contributed by atoms with Crippen LogP contribution < -0.4 is 0 Å². The molecule has 1 heteroatoms. The molecule has 0 N–H and O–H groups in total. The predicted molar refractivity (Wildman–Crippen MR) is 64.6 cm³/mol. The lowest BCUT2D eigenvalue weighted by Crippen LogP contribution is -1.91. The minimum Gasteiger partial charge on any atom is -0.206 e. The van der Waals surface area contributed by atoms with Gasteiger partial charge in [0.25, 0.3) is 0 Å². The van der Waals surface area contributed by atoms with Gasteiger partial charge >= 0.3 is 0 Å². The van der Waals surface area contributed by atoms with Gasteiger partial charge in [0.2, 0.25) is 0 Å². The Morgan fingerprint density at radius 2 is 2.07 bits per heavy atom. The third-order valence-electron chi connectivity index (χ3n) is 2.44. The molecule has 0 saturated carbocycles. The van der Waals surface area contributed by atoms with Crippen LogP contribution in [0.4, 0.5) is 4.39 Å². The number of halogens is 1. The first kappa shape index (κ1) is 11.7. The lowest BCUT2D eigenvalue weighted by molar-refractivity contribution is 0.758. The van der Waals surface area contributed by atoms with E-state index in [2.05, 4.69) is 20.4 Å². The Hall–Kier alpha value is -1.37. The van der Waals surface area contributed by atoms with Crippen molar-refractivity contribution in [3.05, 3.63) is 53.6 Å². The molecule has 0 radical (unpaired) electrons. The molecule has 1 aromatic rings. The molecule has 0 amide bonds. The van der Waals surface area contributed by atoms with Crippen molar-refractivity contribution in [3.8, 4) is 0 Å². The molecule has 80 valence electrons. The van der Waals surface area contributed by atoms with Crippen molar-refractivity contribution in [3.63, 3.8) is 0 Å². The summed E-state index contributed by atoms with van der Waals surface area (Å²) in [6, 6.07) is 5.85. The number of aryl methyl sites for hydroxylation is 1. The van der Waals surface area contributed by atoms with Crippen LogP contribution in [0.5, 0.6) is 0 Å². The van der Waals surface area contributed by atoms with Crippen LogP contribution >= 0.6 is 0 Å². The Morgan fingerprint density at radius 1 is 1.40 bits per heavy atom. The van der Waals surface area contributed by atoms with Crippen molar-refractivity contribution in [1.29, 1.82) is 0 Å². The molecule has 0 nitrogen and oxygen atoms in total. The molecular weight excluding hydrogens is 187 g/mol. The van der Waals surface area contributed by atoms with Crippen LogP contribution in [0.2, 0.25) is 0 Å².